The summed E-state index contributed by atoms with van der Waals surface area (Å²) in [5.74, 6) is -0.849. The molecule has 5 nitrogen and oxygen atoms in total. The van der Waals surface area contributed by atoms with Crippen molar-refractivity contribution in [2.24, 2.45) is 5.92 Å². The van der Waals surface area contributed by atoms with Crippen LogP contribution in [0.15, 0.2) is 24.3 Å². The van der Waals surface area contributed by atoms with Crippen molar-refractivity contribution in [1.82, 2.24) is 10.6 Å². The molecule has 2 amide bonds. The van der Waals surface area contributed by atoms with Crippen LogP contribution in [0.2, 0.25) is 5.02 Å². The van der Waals surface area contributed by atoms with Crippen molar-refractivity contribution in [2.45, 2.75) is 39.3 Å². The molecule has 6 heteroatoms. The predicted molar refractivity (Wildman–Crippen MR) is 82.4 cm³/mol. The van der Waals surface area contributed by atoms with Crippen LogP contribution in [0.25, 0.3) is 0 Å². The molecule has 0 bridgehead atoms. The second-order valence-corrected chi connectivity index (χ2v) is 5.85. The molecule has 2 atom stereocenters. The number of hydrogen-bond donors (Lipinski definition) is 3. The lowest BCUT2D eigenvalue weighted by molar-refractivity contribution is -0.139. The van der Waals surface area contributed by atoms with Gasteiger partial charge in [0.25, 0.3) is 0 Å². The van der Waals surface area contributed by atoms with Gasteiger partial charge >= 0.3 is 12.0 Å². The van der Waals surface area contributed by atoms with Crippen LogP contribution in [0.5, 0.6) is 0 Å². The first-order valence-electron chi connectivity index (χ1n) is 6.85. The van der Waals surface area contributed by atoms with Crippen molar-refractivity contribution < 1.29 is 14.7 Å². The van der Waals surface area contributed by atoms with Crippen molar-refractivity contribution in [2.75, 3.05) is 0 Å². The number of nitrogens with one attached hydrogen (secondary N) is 2. The number of carbonyl (C=O) groups excluding carboxylic acids is 1. The van der Waals surface area contributed by atoms with Gasteiger partial charge in [0.15, 0.2) is 0 Å². The number of urea groups is 1. The van der Waals surface area contributed by atoms with Gasteiger partial charge in [-0.25, -0.2) is 9.59 Å². The Labute approximate surface area is 129 Å². The van der Waals surface area contributed by atoms with E-state index in [0.29, 0.717) is 11.4 Å². The van der Waals surface area contributed by atoms with E-state index in [1.54, 1.807) is 12.1 Å². The molecular weight excluding hydrogens is 292 g/mol. The number of halogens is 1. The second-order valence-electron chi connectivity index (χ2n) is 5.41. The lowest BCUT2D eigenvalue weighted by Crippen LogP contribution is -2.47. The van der Waals surface area contributed by atoms with E-state index in [1.165, 1.54) is 0 Å². The largest absolute Gasteiger partial charge is 0.480 e. The molecule has 116 valence electrons. The van der Waals surface area contributed by atoms with E-state index in [4.69, 9.17) is 16.7 Å². The maximum atomic E-state index is 11.9. The van der Waals surface area contributed by atoms with Crippen molar-refractivity contribution >= 4 is 23.6 Å². The third-order valence-corrected chi connectivity index (χ3v) is 3.28. The normalized spacial score (nSPS) is 13.6. The van der Waals surface area contributed by atoms with E-state index in [-0.39, 0.29) is 12.0 Å². The maximum absolute atomic E-state index is 11.9. The lowest BCUT2D eigenvalue weighted by Gasteiger charge is -2.19. The summed E-state index contributed by atoms with van der Waals surface area (Å²) in [7, 11) is 0. The van der Waals surface area contributed by atoms with Gasteiger partial charge in [-0.15, -0.1) is 0 Å². The fraction of sp³-hybridized carbons (Fsp3) is 0.467. The standard InChI is InChI=1S/C15H21ClN2O3/c1-9(2)8-13(14(19)20)18-15(21)17-10(3)11-4-6-12(16)7-5-11/h4-7,9-10,13H,8H2,1-3H3,(H,19,20)(H2,17,18,21)/t10?,13-/m1/s1. The molecule has 1 unspecified atom stereocenters. The Morgan fingerprint density at radius 3 is 2.19 bits per heavy atom. The molecule has 0 aromatic heterocycles. The molecule has 0 aliphatic carbocycles. The SMILES string of the molecule is CC(C)C[C@@H](NC(=O)NC(C)c1ccc(Cl)cc1)C(=O)O. The molecule has 0 fully saturated rings. The minimum Gasteiger partial charge on any atom is -0.480 e. The van der Waals surface area contributed by atoms with Crippen molar-refractivity contribution in [3.8, 4) is 0 Å². The second kappa shape index (κ2) is 7.88. The number of carboxylic acids is 1. The number of rotatable bonds is 6. The quantitative estimate of drug-likeness (QED) is 0.754. The zero-order valence-electron chi connectivity index (χ0n) is 12.4. The number of carbonyl (C=O) groups is 2. The highest BCUT2D eigenvalue weighted by Crippen LogP contribution is 2.16. The third-order valence-electron chi connectivity index (χ3n) is 3.03. The topological polar surface area (TPSA) is 78.4 Å². The predicted octanol–water partition coefficient (Wildman–Crippen LogP) is 3.20. The summed E-state index contributed by atoms with van der Waals surface area (Å²) in [5, 5.41) is 14.9. The van der Waals surface area contributed by atoms with E-state index in [1.807, 2.05) is 32.9 Å². The minimum absolute atomic E-state index is 0.181. The third kappa shape index (κ3) is 6.04. The Balaban J connectivity index is 2.59. The molecule has 0 heterocycles. The maximum Gasteiger partial charge on any atom is 0.326 e. The Kier molecular flexibility index (Phi) is 6.49. The molecule has 1 aromatic rings. The summed E-state index contributed by atoms with van der Waals surface area (Å²) in [6, 6.07) is 5.49. The van der Waals surface area contributed by atoms with Gasteiger partial charge in [-0.1, -0.05) is 37.6 Å². The summed E-state index contributed by atoms with van der Waals surface area (Å²) >= 11 is 5.81. The minimum atomic E-state index is -1.03. The molecule has 1 aromatic carbocycles. The molecule has 0 spiro atoms. The highest BCUT2D eigenvalue weighted by molar-refractivity contribution is 6.30. The number of benzene rings is 1. The summed E-state index contributed by atoms with van der Waals surface area (Å²) in [4.78, 5) is 23.0. The number of carboxylic acid groups (broad SMARTS) is 1. The van der Waals surface area contributed by atoms with E-state index in [9.17, 15) is 9.59 Å². The van der Waals surface area contributed by atoms with Crippen LogP contribution in [-0.4, -0.2) is 23.1 Å². The van der Waals surface area contributed by atoms with Crippen LogP contribution in [-0.2, 0) is 4.79 Å². The summed E-state index contributed by atoms with van der Waals surface area (Å²) in [5.41, 5.74) is 0.894. The lowest BCUT2D eigenvalue weighted by atomic mass is 10.0. The smallest absolute Gasteiger partial charge is 0.326 e. The zero-order valence-corrected chi connectivity index (χ0v) is 13.1. The van der Waals surface area contributed by atoms with Crippen LogP contribution < -0.4 is 10.6 Å². The van der Waals surface area contributed by atoms with Crippen LogP contribution in [0, 0.1) is 5.92 Å². The Morgan fingerprint density at radius 2 is 1.71 bits per heavy atom. The van der Waals surface area contributed by atoms with Crippen molar-refractivity contribution in [1.29, 1.82) is 0 Å². The van der Waals surface area contributed by atoms with Gasteiger partial charge in [0.2, 0.25) is 0 Å². The monoisotopic (exact) mass is 312 g/mol. The number of hydrogen-bond acceptors (Lipinski definition) is 2. The highest BCUT2D eigenvalue weighted by Gasteiger charge is 2.21. The number of aliphatic carboxylic acids is 1. The van der Waals surface area contributed by atoms with Crippen LogP contribution in [0.3, 0.4) is 0 Å². The van der Waals surface area contributed by atoms with Gasteiger partial charge < -0.3 is 15.7 Å². The fourth-order valence-electron chi connectivity index (χ4n) is 1.92. The van der Waals surface area contributed by atoms with Crippen molar-refractivity contribution in [3.05, 3.63) is 34.9 Å². The molecule has 0 radical (unpaired) electrons. The Bertz CT molecular complexity index is 488. The Morgan fingerprint density at radius 1 is 1.14 bits per heavy atom. The van der Waals surface area contributed by atoms with Gasteiger partial charge in [-0.2, -0.15) is 0 Å². The molecule has 0 aliphatic heterocycles. The summed E-state index contributed by atoms with van der Waals surface area (Å²) < 4.78 is 0. The zero-order chi connectivity index (χ0) is 16.0. The first kappa shape index (κ1) is 17.3. The molecule has 0 saturated heterocycles. The van der Waals surface area contributed by atoms with Gasteiger partial charge in [0, 0.05) is 5.02 Å². The highest BCUT2D eigenvalue weighted by atomic mass is 35.5. The first-order valence-corrected chi connectivity index (χ1v) is 7.22. The first-order chi connectivity index (χ1) is 9.79. The summed E-state index contributed by atoms with van der Waals surface area (Å²) in [6.45, 7) is 5.64. The van der Waals surface area contributed by atoms with Gasteiger partial charge in [0.1, 0.15) is 6.04 Å². The molecule has 0 saturated carbocycles. The van der Waals surface area contributed by atoms with E-state index in [0.717, 1.165) is 5.56 Å². The average molecular weight is 313 g/mol. The molecule has 1 rings (SSSR count). The molecule has 0 aliphatic rings. The van der Waals surface area contributed by atoms with E-state index < -0.39 is 18.0 Å². The van der Waals surface area contributed by atoms with Gasteiger partial charge in [-0.05, 0) is 37.0 Å². The summed E-state index contributed by atoms with van der Waals surface area (Å²) in [6.07, 6.45) is 0.387. The van der Waals surface area contributed by atoms with E-state index in [2.05, 4.69) is 10.6 Å². The Hall–Kier alpha value is -1.75. The van der Waals surface area contributed by atoms with Gasteiger partial charge in [0.05, 0.1) is 6.04 Å². The van der Waals surface area contributed by atoms with Crippen LogP contribution in [0.1, 0.15) is 38.8 Å². The van der Waals surface area contributed by atoms with Crippen LogP contribution >= 0.6 is 11.6 Å². The van der Waals surface area contributed by atoms with Crippen LogP contribution in [0.4, 0.5) is 4.79 Å². The van der Waals surface area contributed by atoms with Gasteiger partial charge in [-0.3, -0.25) is 0 Å². The molecular formula is C15H21ClN2O3. The van der Waals surface area contributed by atoms with E-state index >= 15 is 0 Å². The fourth-order valence-corrected chi connectivity index (χ4v) is 2.05. The molecule has 21 heavy (non-hydrogen) atoms. The average Bonchev–Trinajstić information content (AvgIpc) is 2.37. The number of amides is 2. The molecule has 3 N–H and O–H groups in total. The van der Waals surface area contributed by atoms with Crippen molar-refractivity contribution in [3.63, 3.8) is 0 Å².